The highest BCUT2D eigenvalue weighted by Crippen LogP contribution is 2.46. The molecule has 0 saturated carbocycles. The lowest BCUT2D eigenvalue weighted by atomic mass is 9.85. The quantitative estimate of drug-likeness (QED) is 0.607. The van der Waals surface area contributed by atoms with Crippen LogP contribution in [0.3, 0.4) is 0 Å². The first-order valence-corrected chi connectivity index (χ1v) is 7.12. The number of aliphatic hydroxyl groups excluding tert-OH is 1. The Hall–Kier alpha value is -2.67. The van der Waals surface area contributed by atoms with Crippen molar-refractivity contribution in [2.75, 3.05) is 6.61 Å². The van der Waals surface area contributed by atoms with Gasteiger partial charge >= 0.3 is 5.97 Å². The molecule has 0 unspecified atom stereocenters. The molecule has 0 bridgehead atoms. The number of benzene rings is 1. The van der Waals surface area contributed by atoms with Gasteiger partial charge in [-0.05, 0) is 6.08 Å². The van der Waals surface area contributed by atoms with Gasteiger partial charge in [-0.1, -0.05) is 30.3 Å². The Bertz CT molecular complexity index is 698. The number of carboxylic acid groups (broad SMARTS) is 1. The lowest BCUT2D eigenvalue weighted by Gasteiger charge is -2.40. The molecule has 1 aromatic carbocycles. The van der Waals surface area contributed by atoms with Gasteiger partial charge in [0.1, 0.15) is 5.76 Å². The van der Waals surface area contributed by atoms with E-state index in [0.29, 0.717) is 5.56 Å². The van der Waals surface area contributed by atoms with Crippen LogP contribution >= 0.6 is 0 Å². The van der Waals surface area contributed by atoms with Crippen LogP contribution in [0, 0.1) is 0 Å². The minimum atomic E-state index is -1.89. The number of carbonyl (C=O) groups excluding carboxylic acids is 2. The molecule has 7 nitrogen and oxygen atoms in total. The molecule has 7 heteroatoms. The number of aliphatic carboxylic acids is 1. The van der Waals surface area contributed by atoms with E-state index in [1.165, 1.54) is 6.08 Å². The van der Waals surface area contributed by atoms with Crippen molar-refractivity contribution in [3.05, 3.63) is 47.7 Å². The highest BCUT2D eigenvalue weighted by atomic mass is 16.5. The summed E-state index contributed by atoms with van der Waals surface area (Å²) in [5.41, 5.74) is -1.54. The molecule has 1 aromatic rings. The Morgan fingerprint density at radius 1 is 1.35 bits per heavy atom. The van der Waals surface area contributed by atoms with Gasteiger partial charge in [0.25, 0.3) is 0 Å². The molecule has 1 amide bonds. The van der Waals surface area contributed by atoms with Crippen molar-refractivity contribution in [1.82, 2.24) is 4.90 Å². The third-order valence-electron chi connectivity index (χ3n) is 4.13. The minimum absolute atomic E-state index is 0.0624. The van der Waals surface area contributed by atoms with Crippen molar-refractivity contribution in [2.45, 2.75) is 24.6 Å². The van der Waals surface area contributed by atoms with Crippen molar-refractivity contribution in [3.8, 4) is 0 Å². The van der Waals surface area contributed by atoms with E-state index in [1.54, 1.807) is 30.3 Å². The summed E-state index contributed by atoms with van der Waals surface area (Å²) in [4.78, 5) is 37.4. The zero-order valence-corrected chi connectivity index (χ0v) is 12.1. The molecule has 2 N–H and O–H groups in total. The Morgan fingerprint density at radius 2 is 2.04 bits per heavy atom. The molecule has 0 spiro atoms. The number of carboxylic acids is 1. The van der Waals surface area contributed by atoms with E-state index < -0.39 is 36.5 Å². The summed E-state index contributed by atoms with van der Waals surface area (Å²) in [6, 6.07) is 8.26. The summed E-state index contributed by atoms with van der Waals surface area (Å²) in [5.74, 6) is -2.22. The number of fused-ring (bicyclic) bond motifs is 1. The number of hydrogen-bond acceptors (Lipinski definition) is 5. The maximum absolute atomic E-state index is 12.5. The molecule has 0 radical (unpaired) electrons. The fraction of sp³-hybridized carbons (Fsp3) is 0.312. The molecule has 2 heterocycles. The summed E-state index contributed by atoms with van der Waals surface area (Å²) in [5, 5.41) is 18.9. The first kappa shape index (κ1) is 15.2. The van der Waals surface area contributed by atoms with Gasteiger partial charge in [-0.2, -0.15) is 0 Å². The number of carbonyl (C=O) groups is 3. The second-order valence-electron chi connectivity index (χ2n) is 5.42. The minimum Gasteiger partial charge on any atom is -0.479 e. The van der Waals surface area contributed by atoms with Crippen molar-refractivity contribution in [2.24, 2.45) is 0 Å². The first-order chi connectivity index (χ1) is 11.0. The third kappa shape index (κ3) is 2.20. The number of Topliss-reactive ketones (excluding diaryl/α,β-unsaturated/α-hetero) is 1. The van der Waals surface area contributed by atoms with Crippen LogP contribution in [0.15, 0.2) is 42.2 Å². The van der Waals surface area contributed by atoms with Gasteiger partial charge < -0.3 is 14.9 Å². The van der Waals surface area contributed by atoms with Crippen molar-refractivity contribution < 1.29 is 29.3 Å². The largest absolute Gasteiger partial charge is 0.479 e. The van der Waals surface area contributed by atoms with E-state index in [-0.39, 0.29) is 18.1 Å². The predicted molar refractivity (Wildman–Crippen MR) is 77.3 cm³/mol. The number of β-lactam (4-membered cyclic amide) rings is 1. The highest BCUT2D eigenvalue weighted by Gasteiger charge is 2.65. The molecule has 23 heavy (non-hydrogen) atoms. The molecule has 0 aliphatic carbocycles. The standard InChI is InChI=1S/C16H15NO6/c18-7-6-12-16(15(21)22,17-13(20)8-14(17)23-12)9-11(19)10-4-2-1-3-5-10/h1-6,14,18H,7-9H2,(H,21,22)/b12-6-/t14-,16-/m1/s1. The number of nitrogens with zero attached hydrogens (tertiary/aromatic N) is 1. The van der Waals surface area contributed by atoms with Gasteiger partial charge in [0.2, 0.25) is 11.4 Å². The van der Waals surface area contributed by atoms with E-state index in [0.717, 1.165) is 4.90 Å². The van der Waals surface area contributed by atoms with Crippen LogP contribution in [0.1, 0.15) is 23.2 Å². The zero-order valence-electron chi connectivity index (χ0n) is 12.1. The highest BCUT2D eigenvalue weighted by molar-refractivity contribution is 6.03. The Labute approximate surface area is 131 Å². The van der Waals surface area contributed by atoms with Crippen LogP contribution in [0.4, 0.5) is 0 Å². The van der Waals surface area contributed by atoms with Crippen LogP contribution in [-0.2, 0) is 14.3 Å². The van der Waals surface area contributed by atoms with Crippen molar-refractivity contribution in [3.63, 3.8) is 0 Å². The average molecular weight is 317 g/mol. The maximum Gasteiger partial charge on any atom is 0.338 e. The molecule has 0 aromatic heterocycles. The Kier molecular flexibility index (Phi) is 3.65. The zero-order chi connectivity index (χ0) is 16.6. The molecule has 3 rings (SSSR count). The number of hydrogen-bond donors (Lipinski definition) is 2. The molecule has 2 atom stereocenters. The van der Waals surface area contributed by atoms with Crippen LogP contribution in [-0.4, -0.2) is 51.1 Å². The number of rotatable bonds is 5. The molecule has 120 valence electrons. The Balaban J connectivity index is 2.01. The lowest BCUT2D eigenvalue weighted by molar-refractivity contribution is -0.170. The van der Waals surface area contributed by atoms with Crippen LogP contribution in [0.5, 0.6) is 0 Å². The molecule has 2 saturated heterocycles. The first-order valence-electron chi connectivity index (χ1n) is 7.12. The van der Waals surface area contributed by atoms with Crippen LogP contribution in [0.2, 0.25) is 0 Å². The van der Waals surface area contributed by atoms with E-state index in [1.807, 2.05) is 0 Å². The number of ketones is 1. The molecule has 2 aliphatic heterocycles. The van der Waals surface area contributed by atoms with Crippen LogP contribution in [0.25, 0.3) is 0 Å². The maximum atomic E-state index is 12.5. The van der Waals surface area contributed by atoms with Gasteiger partial charge in [-0.15, -0.1) is 0 Å². The topological polar surface area (TPSA) is 104 Å². The number of amides is 1. The van der Waals surface area contributed by atoms with Gasteiger partial charge in [0.15, 0.2) is 12.0 Å². The number of ether oxygens (including phenoxy) is 1. The summed E-state index contributed by atoms with van der Waals surface area (Å²) in [7, 11) is 0. The fourth-order valence-corrected chi connectivity index (χ4v) is 3.02. The molecule has 2 fully saturated rings. The second-order valence-corrected chi connectivity index (χ2v) is 5.42. The molecular formula is C16H15NO6. The molecule has 2 aliphatic rings. The predicted octanol–water partition coefficient (Wildman–Crippen LogP) is 0.548. The van der Waals surface area contributed by atoms with E-state index in [9.17, 15) is 19.5 Å². The van der Waals surface area contributed by atoms with Crippen molar-refractivity contribution >= 4 is 17.7 Å². The fourth-order valence-electron chi connectivity index (χ4n) is 3.02. The van der Waals surface area contributed by atoms with Crippen LogP contribution < -0.4 is 0 Å². The molecular weight excluding hydrogens is 302 g/mol. The lowest BCUT2D eigenvalue weighted by Crippen LogP contribution is -2.63. The Morgan fingerprint density at radius 3 is 2.61 bits per heavy atom. The number of aliphatic hydroxyl groups is 1. The SMILES string of the molecule is O=C(C[C@]1(C(=O)O)/C(=C/CO)O[C@@H]2CC(=O)N21)c1ccccc1. The van der Waals surface area contributed by atoms with E-state index in [4.69, 9.17) is 9.84 Å². The summed E-state index contributed by atoms with van der Waals surface area (Å²) in [6.45, 7) is -0.446. The normalized spacial score (nSPS) is 27.3. The monoisotopic (exact) mass is 317 g/mol. The smallest absolute Gasteiger partial charge is 0.338 e. The van der Waals surface area contributed by atoms with Gasteiger partial charge in [-0.25, -0.2) is 4.79 Å². The third-order valence-corrected chi connectivity index (χ3v) is 4.13. The average Bonchev–Trinajstić information content (AvgIpc) is 2.77. The van der Waals surface area contributed by atoms with Crippen molar-refractivity contribution in [1.29, 1.82) is 0 Å². The summed E-state index contributed by atoms with van der Waals surface area (Å²) >= 11 is 0. The van der Waals surface area contributed by atoms with E-state index >= 15 is 0 Å². The van der Waals surface area contributed by atoms with Gasteiger partial charge in [0, 0.05) is 5.56 Å². The summed E-state index contributed by atoms with van der Waals surface area (Å²) in [6.07, 6.45) is 0.121. The van der Waals surface area contributed by atoms with E-state index in [2.05, 4.69) is 0 Å². The van der Waals surface area contributed by atoms with Gasteiger partial charge in [0.05, 0.1) is 19.4 Å². The summed E-state index contributed by atoms with van der Waals surface area (Å²) < 4.78 is 5.46. The van der Waals surface area contributed by atoms with Gasteiger partial charge in [-0.3, -0.25) is 14.5 Å². The second kappa shape index (κ2) is 5.51.